The Morgan fingerprint density at radius 2 is 1.45 bits per heavy atom. The van der Waals surface area contributed by atoms with Crippen LogP contribution in [0.25, 0.3) is 0 Å². The monoisotopic (exact) mass is 162 g/mol. The molecule has 1 atom stereocenters. The van der Waals surface area contributed by atoms with E-state index in [4.69, 9.17) is 10.2 Å². The van der Waals surface area contributed by atoms with Crippen LogP contribution >= 0.6 is 0 Å². The topological polar surface area (TPSA) is 64.5 Å². The minimum absolute atomic E-state index is 0.139. The summed E-state index contributed by atoms with van der Waals surface area (Å²) in [6, 6.07) is 0. The number of hydrogen-bond acceptors (Lipinski definition) is 4. The maximum atomic E-state index is 8.11. The van der Waals surface area contributed by atoms with Crippen molar-refractivity contribution in [3.8, 4) is 0 Å². The van der Waals surface area contributed by atoms with Gasteiger partial charge < -0.3 is 20.8 Å². The zero-order chi connectivity index (χ0) is 8.53. The van der Waals surface area contributed by atoms with Gasteiger partial charge in [-0.15, -0.1) is 0 Å². The van der Waals surface area contributed by atoms with E-state index in [9.17, 15) is 0 Å². The highest BCUT2D eigenvalue weighted by Crippen LogP contribution is 1.68. The van der Waals surface area contributed by atoms with Gasteiger partial charge in [-0.1, -0.05) is 0 Å². The van der Waals surface area contributed by atoms with Gasteiger partial charge in [0, 0.05) is 26.2 Å². The van der Waals surface area contributed by atoms with Crippen molar-refractivity contribution in [1.82, 2.24) is 10.6 Å². The molecule has 4 heteroatoms. The lowest BCUT2D eigenvalue weighted by atomic mass is 10.4. The van der Waals surface area contributed by atoms with Crippen LogP contribution in [0, 0.1) is 0 Å². The third kappa shape index (κ3) is 9.84. The van der Waals surface area contributed by atoms with Crippen LogP contribution in [0.3, 0.4) is 0 Å². The molecule has 1 heterocycles. The summed E-state index contributed by atoms with van der Waals surface area (Å²) in [6.07, 6.45) is -0.560. The van der Waals surface area contributed by atoms with Crippen LogP contribution in [0.2, 0.25) is 0 Å². The summed E-state index contributed by atoms with van der Waals surface area (Å²) < 4.78 is 0. The van der Waals surface area contributed by atoms with Crippen molar-refractivity contribution in [3.63, 3.8) is 0 Å². The normalized spacial score (nSPS) is 19.9. The van der Waals surface area contributed by atoms with Gasteiger partial charge in [0.25, 0.3) is 0 Å². The molecule has 1 rings (SSSR count). The fourth-order valence-corrected chi connectivity index (χ4v) is 0.604. The lowest BCUT2D eigenvalue weighted by Crippen LogP contribution is -2.39. The first-order valence-corrected chi connectivity index (χ1v) is 3.97. The van der Waals surface area contributed by atoms with Crippen molar-refractivity contribution in [2.45, 2.75) is 13.0 Å². The van der Waals surface area contributed by atoms with Crippen molar-refractivity contribution in [2.75, 3.05) is 32.8 Å². The first-order chi connectivity index (χ1) is 5.27. The van der Waals surface area contributed by atoms with Crippen LogP contribution in [0.1, 0.15) is 6.92 Å². The number of aliphatic hydroxyl groups excluding tert-OH is 2. The fraction of sp³-hybridized carbons (Fsp3) is 1.00. The second-order valence-electron chi connectivity index (χ2n) is 2.53. The molecule has 0 aromatic rings. The van der Waals surface area contributed by atoms with Gasteiger partial charge in [-0.3, -0.25) is 0 Å². The van der Waals surface area contributed by atoms with Crippen molar-refractivity contribution >= 4 is 0 Å². The maximum absolute atomic E-state index is 8.11. The molecule has 0 radical (unpaired) electrons. The van der Waals surface area contributed by atoms with Gasteiger partial charge in [0.05, 0.1) is 12.7 Å². The molecule has 0 aromatic carbocycles. The summed E-state index contributed by atoms with van der Waals surface area (Å²) >= 11 is 0. The molecular formula is C7H18N2O2. The van der Waals surface area contributed by atoms with Gasteiger partial charge in [0.2, 0.25) is 0 Å². The Bertz CT molecular complexity index is 63.3. The van der Waals surface area contributed by atoms with Gasteiger partial charge >= 0.3 is 0 Å². The van der Waals surface area contributed by atoms with E-state index < -0.39 is 6.10 Å². The molecule has 68 valence electrons. The highest BCUT2D eigenvalue weighted by atomic mass is 16.3. The molecule has 0 spiro atoms. The smallest absolute Gasteiger partial charge is 0.0742 e. The Labute approximate surface area is 67.6 Å². The van der Waals surface area contributed by atoms with Gasteiger partial charge in [-0.25, -0.2) is 0 Å². The molecule has 1 fully saturated rings. The van der Waals surface area contributed by atoms with E-state index >= 15 is 0 Å². The zero-order valence-corrected chi connectivity index (χ0v) is 7.01. The Morgan fingerprint density at radius 1 is 1.18 bits per heavy atom. The Morgan fingerprint density at radius 3 is 1.55 bits per heavy atom. The Balaban J connectivity index is 0.000000187. The van der Waals surface area contributed by atoms with E-state index in [2.05, 4.69) is 10.6 Å². The number of piperazine rings is 1. The van der Waals surface area contributed by atoms with Crippen LogP contribution < -0.4 is 10.6 Å². The average molecular weight is 162 g/mol. The van der Waals surface area contributed by atoms with Crippen molar-refractivity contribution < 1.29 is 10.2 Å². The second-order valence-corrected chi connectivity index (χ2v) is 2.53. The van der Waals surface area contributed by atoms with E-state index in [1.807, 2.05) is 0 Å². The SMILES string of the molecule is C1CNCCN1.CC(O)CO. The van der Waals surface area contributed by atoms with Gasteiger partial charge in [-0.05, 0) is 6.92 Å². The van der Waals surface area contributed by atoms with Crippen molar-refractivity contribution in [3.05, 3.63) is 0 Å². The van der Waals surface area contributed by atoms with Gasteiger partial charge in [0.1, 0.15) is 0 Å². The van der Waals surface area contributed by atoms with E-state index in [1.165, 1.54) is 6.92 Å². The van der Waals surface area contributed by atoms with Crippen molar-refractivity contribution in [1.29, 1.82) is 0 Å². The highest BCUT2D eigenvalue weighted by molar-refractivity contribution is 4.59. The molecule has 4 nitrogen and oxygen atoms in total. The molecular weight excluding hydrogens is 144 g/mol. The summed E-state index contributed by atoms with van der Waals surface area (Å²) in [5, 5.41) is 22.4. The van der Waals surface area contributed by atoms with Crippen molar-refractivity contribution in [2.24, 2.45) is 0 Å². The lowest BCUT2D eigenvalue weighted by Gasteiger charge is -2.11. The van der Waals surface area contributed by atoms with Crippen LogP contribution in [-0.2, 0) is 0 Å². The van der Waals surface area contributed by atoms with Crippen LogP contribution in [0.4, 0.5) is 0 Å². The predicted octanol–water partition coefficient (Wildman–Crippen LogP) is -1.46. The lowest BCUT2D eigenvalue weighted by molar-refractivity contribution is 0.110. The number of hydrogen-bond donors (Lipinski definition) is 4. The number of nitrogens with one attached hydrogen (secondary N) is 2. The molecule has 1 aliphatic rings. The van der Waals surface area contributed by atoms with Gasteiger partial charge in [0.15, 0.2) is 0 Å². The zero-order valence-electron chi connectivity index (χ0n) is 7.01. The summed E-state index contributed by atoms with van der Waals surface area (Å²) in [6.45, 7) is 5.94. The number of aliphatic hydroxyl groups is 2. The van der Waals surface area contributed by atoms with Crippen LogP contribution in [0.15, 0.2) is 0 Å². The average Bonchev–Trinajstić information content (AvgIpc) is 2.09. The standard InChI is InChI=1S/C4H10N2.C3H8O2/c1-2-6-4-3-5-1;1-3(5)2-4/h5-6H,1-4H2;3-5H,2H2,1H3. The molecule has 0 aliphatic carbocycles. The van der Waals surface area contributed by atoms with Gasteiger partial charge in [-0.2, -0.15) is 0 Å². The van der Waals surface area contributed by atoms with E-state index in [1.54, 1.807) is 0 Å². The fourth-order valence-electron chi connectivity index (χ4n) is 0.604. The molecule has 0 bridgehead atoms. The Hall–Kier alpha value is -0.160. The summed E-state index contributed by atoms with van der Waals surface area (Å²) in [7, 11) is 0. The predicted molar refractivity (Wildman–Crippen MR) is 44.5 cm³/mol. The third-order valence-electron chi connectivity index (χ3n) is 1.22. The molecule has 1 unspecified atom stereocenters. The Kier molecular flexibility index (Phi) is 7.83. The summed E-state index contributed by atoms with van der Waals surface area (Å²) in [4.78, 5) is 0. The van der Waals surface area contributed by atoms with E-state index in [0.29, 0.717) is 0 Å². The van der Waals surface area contributed by atoms with E-state index in [-0.39, 0.29) is 6.61 Å². The minimum atomic E-state index is -0.560. The summed E-state index contributed by atoms with van der Waals surface area (Å²) in [5.41, 5.74) is 0. The first kappa shape index (κ1) is 10.8. The number of rotatable bonds is 1. The van der Waals surface area contributed by atoms with E-state index in [0.717, 1.165) is 26.2 Å². The molecule has 0 aromatic heterocycles. The maximum Gasteiger partial charge on any atom is 0.0742 e. The molecule has 0 saturated carbocycles. The molecule has 11 heavy (non-hydrogen) atoms. The van der Waals surface area contributed by atoms with Crippen LogP contribution in [-0.4, -0.2) is 49.1 Å². The molecule has 1 saturated heterocycles. The quantitative estimate of drug-likeness (QED) is 0.380. The summed E-state index contributed by atoms with van der Waals surface area (Å²) in [5.74, 6) is 0. The second kappa shape index (κ2) is 7.94. The molecule has 4 N–H and O–H groups in total. The molecule has 0 amide bonds. The third-order valence-corrected chi connectivity index (χ3v) is 1.22. The largest absolute Gasteiger partial charge is 0.394 e. The molecule has 1 aliphatic heterocycles. The minimum Gasteiger partial charge on any atom is -0.394 e. The highest BCUT2D eigenvalue weighted by Gasteiger charge is 1.91. The first-order valence-electron chi connectivity index (χ1n) is 3.97. The van der Waals surface area contributed by atoms with Crippen LogP contribution in [0.5, 0.6) is 0 Å².